The van der Waals surface area contributed by atoms with E-state index in [1.807, 2.05) is 24.3 Å². The average molecular weight is 365 g/mol. The number of benzene rings is 1. The van der Waals surface area contributed by atoms with Gasteiger partial charge in [-0.15, -0.1) is 0 Å². The van der Waals surface area contributed by atoms with Crippen LogP contribution in [0.5, 0.6) is 0 Å². The van der Waals surface area contributed by atoms with Crippen molar-refractivity contribution in [1.82, 2.24) is 9.97 Å². The Morgan fingerprint density at radius 3 is 2.88 bits per heavy atom. The lowest BCUT2D eigenvalue weighted by Gasteiger charge is -2.18. The molecular formula is C19H15N3O3S. The van der Waals surface area contributed by atoms with Crippen LogP contribution in [-0.4, -0.2) is 27.4 Å². The minimum atomic E-state index is -0.726. The summed E-state index contributed by atoms with van der Waals surface area (Å²) in [5.74, 6) is -1.40. The van der Waals surface area contributed by atoms with Crippen LogP contribution in [-0.2, 0) is 11.2 Å². The van der Waals surface area contributed by atoms with Crippen LogP contribution in [0, 0.1) is 5.92 Å². The summed E-state index contributed by atoms with van der Waals surface area (Å²) in [6, 6.07) is 9.32. The Morgan fingerprint density at radius 2 is 2.08 bits per heavy atom. The number of anilines is 1. The van der Waals surface area contributed by atoms with Crippen molar-refractivity contribution >= 4 is 44.8 Å². The molecule has 6 nitrogen and oxygen atoms in total. The molecule has 0 spiro atoms. The maximum absolute atomic E-state index is 12.9. The van der Waals surface area contributed by atoms with Crippen molar-refractivity contribution in [2.75, 3.05) is 5.32 Å². The maximum Gasteiger partial charge on any atom is 0.223 e. The van der Waals surface area contributed by atoms with Gasteiger partial charge in [0.2, 0.25) is 5.91 Å². The number of para-hydroxylation sites is 1. The molecule has 3 aromatic rings. The molecule has 26 heavy (non-hydrogen) atoms. The minimum absolute atomic E-state index is 0.214. The van der Waals surface area contributed by atoms with Crippen molar-refractivity contribution in [3.63, 3.8) is 0 Å². The van der Waals surface area contributed by atoms with E-state index in [1.165, 1.54) is 13.1 Å². The number of thiazole rings is 1. The molecule has 0 fully saturated rings. The highest BCUT2D eigenvalue weighted by Gasteiger charge is 2.36. The first-order valence-electron chi connectivity index (χ1n) is 8.23. The molecule has 0 saturated carbocycles. The number of amides is 1. The number of aromatic nitrogens is 2. The molecule has 1 aliphatic carbocycles. The predicted octanol–water partition coefficient (Wildman–Crippen LogP) is 3.28. The van der Waals surface area contributed by atoms with Crippen LogP contribution >= 0.6 is 11.3 Å². The van der Waals surface area contributed by atoms with Gasteiger partial charge >= 0.3 is 0 Å². The lowest BCUT2D eigenvalue weighted by atomic mass is 9.84. The third-order valence-electron chi connectivity index (χ3n) is 4.38. The second-order valence-electron chi connectivity index (χ2n) is 6.21. The molecule has 2 aromatic heterocycles. The quantitative estimate of drug-likeness (QED) is 0.568. The molecule has 1 unspecified atom stereocenters. The van der Waals surface area contributed by atoms with Crippen LogP contribution in [0.15, 0.2) is 36.5 Å². The van der Waals surface area contributed by atoms with Crippen molar-refractivity contribution in [2.45, 2.75) is 19.8 Å². The summed E-state index contributed by atoms with van der Waals surface area (Å²) in [5.41, 5.74) is 1.91. The molecule has 4 rings (SSSR count). The highest BCUT2D eigenvalue weighted by Crippen LogP contribution is 2.34. The molecule has 1 atom stereocenters. The van der Waals surface area contributed by atoms with Crippen molar-refractivity contribution in [3.05, 3.63) is 52.7 Å². The van der Waals surface area contributed by atoms with E-state index in [0.29, 0.717) is 34.1 Å². The molecule has 130 valence electrons. The molecular weight excluding hydrogens is 350 g/mol. The Balaban J connectivity index is 1.63. The fraction of sp³-hybridized carbons (Fsp3) is 0.211. The first-order chi connectivity index (χ1) is 12.5. The smallest absolute Gasteiger partial charge is 0.223 e. The number of Topliss-reactive ketones (excluding diaryl/α,β-unsaturated/α-hetero) is 2. The van der Waals surface area contributed by atoms with Crippen LogP contribution in [0.2, 0.25) is 0 Å². The third-order valence-corrected chi connectivity index (χ3v) is 5.41. The fourth-order valence-electron chi connectivity index (χ4n) is 3.15. The van der Waals surface area contributed by atoms with Gasteiger partial charge in [-0.2, -0.15) is 0 Å². The number of carbonyl (C=O) groups is 3. The average Bonchev–Trinajstić information content (AvgIpc) is 3.04. The van der Waals surface area contributed by atoms with Crippen LogP contribution in [0.25, 0.3) is 10.9 Å². The number of nitrogens with zero attached hydrogens (tertiary/aromatic N) is 2. The summed E-state index contributed by atoms with van der Waals surface area (Å²) in [6.45, 7) is 1.39. The molecule has 1 aromatic carbocycles. The normalized spacial score (nSPS) is 16.3. The van der Waals surface area contributed by atoms with Gasteiger partial charge in [-0.05, 0) is 25.0 Å². The number of aryl methyl sites for hydroxylation is 1. The zero-order valence-corrected chi connectivity index (χ0v) is 14.8. The van der Waals surface area contributed by atoms with Crippen molar-refractivity contribution in [2.24, 2.45) is 5.92 Å². The number of pyridine rings is 1. The molecule has 0 radical (unpaired) electrons. The summed E-state index contributed by atoms with van der Waals surface area (Å²) in [4.78, 5) is 46.0. The molecule has 1 N–H and O–H groups in total. The molecule has 1 aliphatic rings. The molecule has 0 saturated heterocycles. The van der Waals surface area contributed by atoms with Gasteiger partial charge in [-0.25, -0.2) is 4.98 Å². The van der Waals surface area contributed by atoms with Gasteiger partial charge in [-0.1, -0.05) is 29.5 Å². The third kappa shape index (κ3) is 2.90. The van der Waals surface area contributed by atoms with Gasteiger partial charge in [-0.3, -0.25) is 19.4 Å². The zero-order valence-electron chi connectivity index (χ0n) is 14.0. The molecule has 7 heteroatoms. The summed E-state index contributed by atoms with van der Waals surface area (Å²) >= 11 is 1.13. The number of fused-ring (bicyclic) bond motifs is 2. The van der Waals surface area contributed by atoms with Gasteiger partial charge < -0.3 is 5.32 Å². The molecule has 0 aliphatic heterocycles. The highest BCUT2D eigenvalue weighted by atomic mass is 32.1. The van der Waals surface area contributed by atoms with Gasteiger partial charge in [0.25, 0.3) is 0 Å². The van der Waals surface area contributed by atoms with E-state index in [-0.39, 0.29) is 17.5 Å². The van der Waals surface area contributed by atoms with Crippen LogP contribution in [0.1, 0.15) is 39.1 Å². The van der Waals surface area contributed by atoms with E-state index in [0.717, 1.165) is 22.2 Å². The monoisotopic (exact) mass is 365 g/mol. The largest absolute Gasteiger partial charge is 0.302 e. The summed E-state index contributed by atoms with van der Waals surface area (Å²) < 4.78 is 0. The number of nitrogens with one attached hydrogen (secondary N) is 1. The Morgan fingerprint density at radius 1 is 1.27 bits per heavy atom. The van der Waals surface area contributed by atoms with E-state index in [9.17, 15) is 14.4 Å². The Bertz CT molecular complexity index is 1060. The summed E-state index contributed by atoms with van der Waals surface area (Å²) in [7, 11) is 0. The summed E-state index contributed by atoms with van der Waals surface area (Å²) in [6.07, 6.45) is 2.48. The van der Waals surface area contributed by atoms with Gasteiger partial charge in [0.05, 0.1) is 22.0 Å². The lowest BCUT2D eigenvalue weighted by molar-refractivity contribution is -0.114. The van der Waals surface area contributed by atoms with Crippen molar-refractivity contribution < 1.29 is 14.4 Å². The maximum atomic E-state index is 12.9. The predicted molar refractivity (Wildman–Crippen MR) is 98.6 cm³/mol. The van der Waals surface area contributed by atoms with Crippen molar-refractivity contribution in [1.29, 1.82) is 0 Å². The van der Waals surface area contributed by atoms with E-state index >= 15 is 0 Å². The molecule has 0 bridgehead atoms. The summed E-state index contributed by atoms with van der Waals surface area (Å²) in [5, 5.41) is 3.87. The lowest BCUT2D eigenvalue weighted by Crippen LogP contribution is -2.28. The Kier molecular flexibility index (Phi) is 4.08. The first-order valence-corrected chi connectivity index (χ1v) is 9.05. The van der Waals surface area contributed by atoms with Gasteiger partial charge in [0.15, 0.2) is 16.7 Å². The van der Waals surface area contributed by atoms with E-state index < -0.39 is 5.92 Å². The minimum Gasteiger partial charge on any atom is -0.302 e. The molecule has 2 heterocycles. The number of rotatable bonds is 3. The first kappa shape index (κ1) is 16.5. The van der Waals surface area contributed by atoms with Crippen LogP contribution < -0.4 is 5.32 Å². The van der Waals surface area contributed by atoms with E-state index in [1.54, 1.807) is 6.07 Å². The number of hydrogen-bond acceptors (Lipinski definition) is 6. The fourth-order valence-corrected chi connectivity index (χ4v) is 4.20. The highest BCUT2D eigenvalue weighted by molar-refractivity contribution is 7.17. The second-order valence-corrected chi connectivity index (χ2v) is 7.21. The van der Waals surface area contributed by atoms with Gasteiger partial charge in [0, 0.05) is 24.1 Å². The number of carbonyl (C=O) groups excluding carboxylic acids is 3. The SMILES string of the molecule is CC(=O)Nc1nc2c(s1)C(=O)C(C(=O)c1cnc3ccccc3c1)CC2. The van der Waals surface area contributed by atoms with Crippen molar-refractivity contribution in [3.8, 4) is 0 Å². The number of ketones is 2. The van der Waals surface area contributed by atoms with E-state index in [2.05, 4.69) is 15.3 Å². The van der Waals surface area contributed by atoms with Crippen LogP contribution in [0.4, 0.5) is 5.13 Å². The number of hydrogen-bond donors (Lipinski definition) is 1. The van der Waals surface area contributed by atoms with Crippen LogP contribution in [0.3, 0.4) is 0 Å². The van der Waals surface area contributed by atoms with Gasteiger partial charge in [0.1, 0.15) is 0 Å². The Labute approximate surface area is 153 Å². The van der Waals surface area contributed by atoms with E-state index in [4.69, 9.17) is 0 Å². The molecule has 1 amide bonds. The standard InChI is InChI=1S/C19H15N3O3S/c1-10(23)21-19-22-15-7-6-13(17(25)18(15)26-19)16(24)12-8-11-4-2-3-5-14(11)20-9-12/h2-5,8-9,13H,6-7H2,1H3,(H,21,22,23). The topological polar surface area (TPSA) is 89.0 Å². The Hall–Kier alpha value is -2.93. The zero-order chi connectivity index (χ0) is 18.3. The second kappa shape index (κ2) is 6.42.